The van der Waals surface area contributed by atoms with Gasteiger partial charge in [0.15, 0.2) is 52.4 Å². The maximum atomic E-state index is 6.40. The Balaban J connectivity index is 0.000000106. The molecule has 0 unspecified atom stereocenters. The molecule has 0 amide bonds. The number of rotatable bonds is 10. The van der Waals surface area contributed by atoms with Crippen LogP contribution in [0, 0.1) is 0 Å². The maximum Gasteiger partial charge on any atom is 0.164 e. The normalized spacial score (nSPS) is 12.3. The van der Waals surface area contributed by atoms with Crippen molar-refractivity contribution in [3.8, 4) is 125 Å². The van der Waals surface area contributed by atoms with Crippen molar-refractivity contribution in [1.82, 2.24) is 44.9 Å². The Bertz CT molecular complexity index is 10400. The largest absolute Gasteiger partial charge is 0.455 e. The average molecular weight is 1870 g/mol. The quantitative estimate of drug-likeness (QED) is 0.122. The summed E-state index contributed by atoms with van der Waals surface area (Å²) in [6.45, 7) is 4.72. The smallest absolute Gasteiger partial charge is 0.164 e. The molecule has 676 valence electrons. The van der Waals surface area contributed by atoms with Crippen LogP contribution in [0.3, 0.4) is 0 Å². The van der Waals surface area contributed by atoms with Gasteiger partial charge in [0.1, 0.15) is 11.2 Å². The average Bonchev–Trinajstić information content (AvgIpc) is 1.58. The molecule has 5 heterocycles. The van der Waals surface area contributed by atoms with E-state index in [0.717, 1.165) is 110 Å². The Morgan fingerprint density at radius 3 is 0.972 bits per heavy atom. The van der Waals surface area contributed by atoms with Gasteiger partial charge in [-0.2, -0.15) is 0 Å². The SMILES string of the molecule is CC1(C)c2ccccc2-c2ccc3c(ccc4ccc5cc(-c6nc(-c7ccccc7)nc(-c7ccc8ccccc8c7)n6)ccc5c43)c21.c1ccc(-c2ccc(-c3nc(-c4ccccc4)nc(-c4ccc5c(ccc6ccc7c(ccc8c9ccccc9sc87)c65)c4)n3)cc2)cc1.c1ccc(-c2nc(-c3ccc4ccccc4c3)nc(-c3ccc4c(ccc5ccc6c(ccc7c8ccccc8oc76)c54)c3)n2)cc1. The number of fused-ring (bicyclic) bond motifs is 29. The molecule has 1 aliphatic carbocycles. The van der Waals surface area contributed by atoms with Crippen molar-refractivity contribution in [3.63, 3.8) is 0 Å². The van der Waals surface area contributed by atoms with Crippen molar-refractivity contribution in [3.05, 3.63) is 478 Å². The van der Waals surface area contributed by atoms with Crippen molar-refractivity contribution in [2.45, 2.75) is 19.3 Å². The summed E-state index contributed by atoms with van der Waals surface area (Å²) in [5.41, 5.74) is 18.2. The lowest BCUT2D eigenvalue weighted by molar-refractivity contribution is 0.666. The van der Waals surface area contributed by atoms with E-state index >= 15 is 0 Å². The molecule has 0 aliphatic heterocycles. The molecule has 30 rings (SSSR count). The van der Waals surface area contributed by atoms with Crippen molar-refractivity contribution in [2.75, 3.05) is 0 Å². The maximum absolute atomic E-state index is 6.40. The molecule has 0 radical (unpaired) electrons. The zero-order valence-corrected chi connectivity index (χ0v) is 79.6. The summed E-state index contributed by atoms with van der Waals surface area (Å²) in [4.78, 5) is 45.1. The molecule has 0 saturated carbocycles. The van der Waals surface area contributed by atoms with E-state index < -0.39 is 0 Å². The lowest BCUT2D eigenvalue weighted by Crippen LogP contribution is -2.15. The van der Waals surface area contributed by atoms with Gasteiger partial charge in [0.05, 0.1) is 0 Å². The molecule has 0 spiro atoms. The van der Waals surface area contributed by atoms with Crippen LogP contribution >= 0.6 is 11.3 Å². The zero-order valence-electron chi connectivity index (χ0n) is 78.8. The van der Waals surface area contributed by atoms with Crippen molar-refractivity contribution in [1.29, 1.82) is 0 Å². The van der Waals surface area contributed by atoms with Crippen molar-refractivity contribution >= 4 is 172 Å². The summed E-state index contributed by atoms with van der Waals surface area (Å²) in [5, 5.41) is 31.6. The van der Waals surface area contributed by atoms with Gasteiger partial charge in [0, 0.05) is 97.2 Å². The topological polar surface area (TPSA) is 129 Å². The molecule has 0 bridgehead atoms. The number of aromatic nitrogens is 9. The van der Waals surface area contributed by atoms with Gasteiger partial charge < -0.3 is 4.42 Å². The number of para-hydroxylation sites is 1. The van der Waals surface area contributed by atoms with E-state index in [2.05, 4.69) is 384 Å². The molecular weight excluding hydrogens is 1780 g/mol. The predicted octanol–water partition coefficient (Wildman–Crippen LogP) is 35.5. The summed E-state index contributed by atoms with van der Waals surface area (Å²) >= 11 is 1.88. The van der Waals surface area contributed by atoms with Crippen LogP contribution in [0.4, 0.5) is 0 Å². The first-order chi connectivity index (χ1) is 71.6. The standard InChI is InChI=1S/C46H31N3.C45H27N3S.C43H25N3O/c1-46(2)40-15-9-8-14-36(40)38-25-24-37-39(42(38)46)23-20-29-17-18-32-27-34(21-22-35(32)41(29)37)45-48-43(30-11-4-3-5-12-30)47-44(49-45)33-19-16-28-10-6-7-13-31(28)26-33;1-3-9-28(10-4-1)29-15-18-32(19-16-29)44-46-43(31-11-5-2-6-12-31)47-45(48-44)34-22-23-35-33(27-34)20-17-30-21-24-39-37(41(30)35)25-26-38-36-13-7-8-14-40(36)49-42(38)39;1-2-9-28(10-3-1)41-44-42(31-17-14-26-8-4-5-11-29(26)24-31)46-43(45-41)32-19-20-33-30(25-32)16-15-27-18-21-37-35(39(27)33)22-23-36-34-12-6-7-13-38(34)47-40(36)37/h3-27H,1-2H3;1-27H;1-25H. The first kappa shape index (κ1) is 84.3. The van der Waals surface area contributed by atoms with Gasteiger partial charge in [-0.3, -0.25) is 0 Å². The molecule has 1 aliphatic rings. The number of thiophene rings is 1. The fourth-order valence-corrected chi connectivity index (χ4v) is 23.4. The number of hydrogen-bond donors (Lipinski definition) is 0. The lowest BCUT2D eigenvalue weighted by atomic mass is 9.79. The predicted molar refractivity (Wildman–Crippen MR) is 604 cm³/mol. The second-order valence-corrected chi connectivity index (χ2v) is 39.2. The van der Waals surface area contributed by atoms with E-state index in [-0.39, 0.29) is 5.41 Å². The van der Waals surface area contributed by atoms with Gasteiger partial charge in [-0.1, -0.05) is 426 Å². The van der Waals surface area contributed by atoms with Crippen LogP contribution in [0.25, 0.3) is 285 Å². The minimum absolute atomic E-state index is 0.0746. The van der Waals surface area contributed by atoms with E-state index in [4.69, 9.17) is 49.3 Å². The van der Waals surface area contributed by atoms with E-state index in [9.17, 15) is 0 Å². The number of hydrogen-bond acceptors (Lipinski definition) is 11. The Morgan fingerprint density at radius 1 is 0.186 bits per heavy atom. The summed E-state index contributed by atoms with van der Waals surface area (Å²) < 4.78 is 9.07. The molecule has 11 heteroatoms. The second-order valence-electron chi connectivity index (χ2n) is 38.1. The first-order valence-corrected chi connectivity index (χ1v) is 49.9. The summed E-state index contributed by atoms with van der Waals surface area (Å²) in [6.07, 6.45) is 0. The lowest BCUT2D eigenvalue weighted by Gasteiger charge is -2.23. The molecule has 5 aromatic heterocycles. The van der Waals surface area contributed by atoms with Crippen LogP contribution in [0.15, 0.2) is 472 Å². The highest BCUT2D eigenvalue weighted by Crippen LogP contribution is 2.54. The Morgan fingerprint density at radius 2 is 0.476 bits per heavy atom. The highest BCUT2D eigenvalue weighted by atomic mass is 32.1. The molecular formula is C134H83N9OS. The second kappa shape index (κ2) is 34.3. The monoisotopic (exact) mass is 1870 g/mol. The highest BCUT2D eigenvalue weighted by Gasteiger charge is 2.37. The molecule has 0 saturated heterocycles. The fourth-order valence-electron chi connectivity index (χ4n) is 22.1. The molecule has 0 atom stereocenters. The van der Waals surface area contributed by atoms with Gasteiger partial charge in [-0.05, 0) is 196 Å². The van der Waals surface area contributed by atoms with Gasteiger partial charge >= 0.3 is 0 Å². The molecule has 29 aromatic rings. The zero-order chi connectivity index (χ0) is 95.9. The molecule has 0 fully saturated rings. The van der Waals surface area contributed by atoms with Crippen LogP contribution in [-0.4, -0.2) is 44.9 Å². The van der Waals surface area contributed by atoms with Crippen molar-refractivity contribution < 1.29 is 4.42 Å². The van der Waals surface area contributed by atoms with E-state index in [0.29, 0.717) is 52.4 Å². The van der Waals surface area contributed by atoms with Crippen LogP contribution in [-0.2, 0) is 5.41 Å². The third kappa shape index (κ3) is 14.6. The minimum atomic E-state index is -0.0746. The third-order valence-electron chi connectivity index (χ3n) is 29.2. The van der Waals surface area contributed by atoms with Crippen molar-refractivity contribution in [2.24, 2.45) is 0 Å². The van der Waals surface area contributed by atoms with Gasteiger partial charge in [-0.25, -0.2) is 44.9 Å². The Labute approximate surface area is 837 Å². The van der Waals surface area contributed by atoms with Gasteiger partial charge in [0.2, 0.25) is 0 Å². The first-order valence-electron chi connectivity index (χ1n) is 49.1. The number of benzene rings is 24. The van der Waals surface area contributed by atoms with E-state index in [1.54, 1.807) is 0 Å². The number of nitrogens with zero attached hydrogens (tertiary/aromatic N) is 9. The van der Waals surface area contributed by atoms with Crippen LogP contribution < -0.4 is 0 Å². The summed E-state index contributed by atoms with van der Waals surface area (Å²) in [5.74, 6) is 5.90. The Kier molecular flexibility index (Phi) is 19.9. The third-order valence-corrected chi connectivity index (χ3v) is 30.4. The van der Waals surface area contributed by atoms with Crippen LogP contribution in [0.1, 0.15) is 25.0 Å². The van der Waals surface area contributed by atoms with Crippen LogP contribution in [0.2, 0.25) is 0 Å². The summed E-state index contributed by atoms with van der Waals surface area (Å²) in [7, 11) is 0. The van der Waals surface area contributed by atoms with Gasteiger partial charge in [0.25, 0.3) is 0 Å². The van der Waals surface area contributed by atoms with Gasteiger partial charge in [-0.15, -0.1) is 11.3 Å². The molecule has 145 heavy (non-hydrogen) atoms. The van der Waals surface area contributed by atoms with E-state index in [1.807, 2.05) is 108 Å². The van der Waals surface area contributed by atoms with Crippen LogP contribution in [0.5, 0.6) is 0 Å². The summed E-state index contributed by atoms with van der Waals surface area (Å²) in [6, 6.07) is 165. The molecule has 24 aromatic carbocycles. The fraction of sp³-hybridized carbons (Fsp3) is 0.0224. The minimum Gasteiger partial charge on any atom is -0.455 e. The number of furan rings is 1. The molecule has 10 nitrogen and oxygen atoms in total. The Hall–Kier alpha value is -18.8. The van der Waals surface area contributed by atoms with E-state index in [1.165, 1.54) is 134 Å². The highest BCUT2D eigenvalue weighted by molar-refractivity contribution is 7.26. The molecule has 0 N–H and O–H groups in total.